The predicted octanol–water partition coefficient (Wildman–Crippen LogP) is 1.79. The zero-order valence-corrected chi connectivity index (χ0v) is 7.41. The van der Waals surface area contributed by atoms with Crippen molar-refractivity contribution in [2.24, 2.45) is 0 Å². The summed E-state index contributed by atoms with van der Waals surface area (Å²) < 4.78 is 0. The van der Waals surface area contributed by atoms with E-state index in [-0.39, 0.29) is 0 Å². The van der Waals surface area contributed by atoms with Crippen molar-refractivity contribution in [1.82, 2.24) is 9.97 Å². The molecule has 0 atom stereocenters. The number of hydrogen-bond acceptors (Lipinski definition) is 3. The standard InChI is InChI=1S/C9H13N3/c1-3-4-5-8-6-9(10)12-7(2)11-8/h4-6H,3H2,1-2H3,(H2,10,11,12). The second-order valence-electron chi connectivity index (χ2n) is 2.58. The van der Waals surface area contributed by atoms with Crippen LogP contribution in [0.1, 0.15) is 24.9 Å². The summed E-state index contributed by atoms with van der Waals surface area (Å²) in [7, 11) is 0. The van der Waals surface area contributed by atoms with Gasteiger partial charge in [-0.1, -0.05) is 13.0 Å². The van der Waals surface area contributed by atoms with Crippen LogP contribution in [0, 0.1) is 6.92 Å². The lowest BCUT2D eigenvalue weighted by Crippen LogP contribution is -1.96. The number of nitrogen functional groups attached to an aromatic ring is 1. The van der Waals surface area contributed by atoms with Gasteiger partial charge in [0.1, 0.15) is 11.6 Å². The number of nitrogens with two attached hydrogens (primary N) is 1. The Kier molecular flexibility index (Phi) is 2.80. The average molecular weight is 163 g/mol. The van der Waals surface area contributed by atoms with Crippen LogP contribution in [-0.4, -0.2) is 9.97 Å². The highest BCUT2D eigenvalue weighted by Gasteiger charge is 1.93. The van der Waals surface area contributed by atoms with Crippen molar-refractivity contribution in [3.63, 3.8) is 0 Å². The molecule has 3 heteroatoms. The average Bonchev–Trinajstić information content (AvgIpc) is 1.99. The number of nitrogens with zero attached hydrogens (tertiary/aromatic N) is 2. The molecule has 0 aliphatic heterocycles. The van der Waals surface area contributed by atoms with E-state index in [1.165, 1.54) is 0 Å². The molecule has 12 heavy (non-hydrogen) atoms. The van der Waals surface area contributed by atoms with E-state index in [0.29, 0.717) is 11.6 Å². The van der Waals surface area contributed by atoms with Crippen LogP contribution in [0.15, 0.2) is 12.1 Å². The smallest absolute Gasteiger partial charge is 0.128 e. The van der Waals surface area contributed by atoms with E-state index in [2.05, 4.69) is 16.9 Å². The predicted molar refractivity (Wildman–Crippen MR) is 50.5 cm³/mol. The van der Waals surface area contributed by atoms with E-state index in [0.717, 1.165) is 12.1 Å². The van der Waals surface area contributed by atoms with E-state index in [1.807, 2.05) is 19.1 Å². The Morgan fingerprint density at radius 1 is 1.50 bits per heavy atom. The van der Waals surface area contributed by atoms with Crippen LogP contribution in [0.25, 0.3) is 6.08 Å². The molecule has 0 amide bonds. The molecule has 0 unspecified atom stereocenters. The van der Waals surface area contributed by atoms with Crippen molar-refractivity contribution in [2.75, 3.05) is 5.73 Å². The minimum Gasteiger partial charge on any atom is -0.384 e. The van der Waals surface area contributed by atoms with Crippen LogP contribution in [0.4, 0.5) is 5.82 Å². The van der Waals surface area contributed by atoms with E-state index in [1.54, 1.807) is 6.07 Å². The summed E-state index contributed by atoms with van der Waals surface area (Å²) in [6, 6.07) is 1.76. The van der Waals surface area contributed by atoms with Crippen LogP contribution in [-0.2, 0) is 0 Å². The normalized spacial score (nSPS) is 10.8. The number of aryl methyl sites for hydroxylation is 1. The molecule has 1 heterocycles. The third kappa shape index (κ3) is 2.34. The summed E-state index contributed by atoms with van der Waals surface area (Å²) in [5, 5.41) is 0. The topological polar surface area (TPSA) is 51.8 Å². The van der Waals surface area contributed by atoms with E-state index < -0.39 is 0 Å². The van der Waals surface area contributed by atoms with Crippen molar-refractivity contribution in [3.8, 4) is 0 Å². The van der Waals surface area contributed by atoms with Gasteiger partial charge in [0.25, 0.3) is 0 Å². The summed E-state index contributed by atoms with van der Waals surface area (Å²) in [5.41, 5.74) is 6.42. The van der Waals surface area contributed by atoms with Gasteiger partial charge in [0.05, 0.1) is 5.69 Å². The van der Waals surface area contributed by atoms with Crippen LogP contribution >= 0.6 is 0 Å². The molecule has 0 aliphatic rings. The van der Waals surface area contributed by atoms with Crippen LogP contribution in [0.5, 0.6) is 0 Å². The molecule has 1 rings (SSSR count). The van der Waals surface area contributed by atoms with Gasteiger partial charge in [0, 0.05) is 6.07 Å². The van der Waals surface area contributed by atoms with Crippen molar-refractivity contribution < 1.29 is 0 Å². The SMILES string of the molecule is CCC=Cc1cc(N)nc(C)n1. The Morgan fingerprint density at radius 3 is 2.83 bits per heavy atom. The summed E-state index contributed by atoms with van der Waals surface area (Å²) >= 11 is 0. The summed E-state index contributed by atoms with van der Waals surface area (Å²) in [5.74, 6) is 1.24. The van der Waals surface area contributed by atoms with Crippen molar-refractivity contribution in [2.45, 2.75) is 20.3 Å². The molecule has 0 fully saturated rings. The number of hydrogen-bond donors (Lipinski definition) is 1. The minimum absolute atomic E-state index is 0.526. The molecule has 0 aromatic carbocycles. The quantitative estimate of drug-likeness (QED) is 0.723. The first-order valence-electron chi connectivity index (χ1n) is 4.00. The zero-order valence-electron chi connectivity index (χ0n) is 7.41. The second-order valence-corrected chi connectivity index (χ2v) is 2.58. The van der Waals surface area contributed by atoms with Gasteiger partial charge >= 0.3 is 0 Å². The minimum atomic E-state index is 0.526. The number of anilines is 1. The number of aromatic nitrogens is 2. The maximum atomic E-state index is 5.55. The van der Waals surface area contributed by atoms with E-state index >= 15 is 0 Å². The molecule has 0 spiro atoms. The number of allylic oxidation sites excluding steroid dienone is 1. The zero-order chi connectivity index (χ0) is 8.97. The van der Waals surface area contributed by atoms with Crippen LogP contribution < -0.4 is 5.73 Å². The molecular weight excluding hydrogens is 150 g/mol. The molecule has 3 nitrogen and oxygen atoms in total. The van der Waals surface area contributed by atoms with E-state index in [4.69, 9.17) is 5.73 Å². The molecule has 0 aliphatic carbocycles. The van der Waals surface area contributed by atoms with Gasteiger partial charge in [-0.15, -0.1) is 0 Å². The third-order valence-electron chi connectivity index (χ3n) is 1.40. The molecule has 2 N–H and O–H groups in total. The Balaban J connectivity index is 2.93. The number of rotatable bonds is 2. The Hall–Kier alpha value is -1.38. The molecule has 0 radical (unpaired) electrons. The van der Waals surface area contributed by atoms with Gasteiger partial charge in [-0.3, -0.25) is 0 Å². The van der Waals surface area contributed by atoms with Crippen LogP contribution in [0.2, 0.25) is 0 Å². The highest BCUT2D eigenvalue weighted by atomic mass is 14.9. The first kappa shape index (κ1) is 8.71. The summed E-state index contributed by atoms with van der Waals surface area (Å²) in [6.07, 6.45) is 5.00. The van der Waals surface area contributed by atoms with Gasteiger partial charge in [-0.25, -0.2) is 9.97 Å². The van der Waals surface area contributed by atoms with Crippen molar-refractivity contribution in [1.29, 1.82) is 0 Å². The maximum Gasteiger partial charge on any atom is 0.128 e. The Bertz CT molecular complexity index is 272. The first-order chi connectivity index (χ1) is 5.72. The molecule has 64 valence electrons. The summed E-state index contributed by atoms with van der Waals surface area (Å²) in [6.45, 7) is 3.91. The lowest BCUT2D eigenvalue weighted by molar-refractivity contribution is 1.05. The van der Waals surface area contributed by atoms with Gasteiger partial charge in [-0.05, 0) is 19.4 Å². The highest BCUT2D eigenvalue weighted by molar-refractivity contribution is 5.48. The molecule has 1 aromatic rings. The van der Waals surface area contributed by atoms with Crippen molar-refractivity contribution in [3.05, 3.63) is 23.7 Å². The van der Waals surface area contributed by atoms with Gasteiger partial charge in [-0.2, -0.15) is 0 Å². The fourth-order valence-corrected chi connectivity index (χ4v) is 0.939. The highest BCUT2D eigenvalue weighted by Crippen LogP contribution is 2.04. The van der Waals surface area contributed by atoms with Crippen LogP contribution in [0.3, 0.4) is 0 Å². The summed E-state index contributed by atoms with van der Waals surface area (Å²) in [4.78, 5) is 8.17. The molecule has 0 saturated heterocycles. The Morgan fingerprint density at radius 2 is 2.25 bits per heavy atom. The largest absolute Gasteiger partial charge is 0.384 e. The van der Waals surface area contributed by atoms with E-state index in [9.17, 15) is 0 Å². The molecule has 0 saturated carbocycles. The fraction of sp³-hybridized carbons (Fsp3) is 0.333. The lowest BCUT2D eigenvalue weighted by Gasteiger charge is -1.97. The first-order valence-corrected chi connectivity index (χ1v) is 4.00. The van der Waals surface area contributed by atoms with Gasteiger partial charge < -0.3 is 5.73 Å². The lowest BCUT2D eigenvalue weighted by atomic mass is 10.3. The molecular formula is C9H13N3. The third-order valence-corrected chi connectivity index (χ3v) is 1.40. The van der Waals surface area contributed by atoms with Gasteiger partial charge in [0.15, 0.2) is 0 Å². The Labute approximate surface area is 72.3 Å². The maximum absolute atomic E-state index is 5.55. The van der Waals surface area contributed by atoms with Gasteiger partial charge in [0.2, 0.25) is 0 Å². The van der Waals surface area contributed by atoms with Crippen molar-refractivity contribution >= 4 is 11.9 Å². The fourth-order valence-electron chi connectivity index (χ4n) is 0.939. The monoisotopic (exact) mass is 163 g/mol. The molecule has 1 aromatic heterocycles. The molecule has 0 bridgehead atoms. The second kappa shape index (κ2) is 3.85.